The minimum atomic E-state index is -0.285. The summed E-state index contributed by atoms with van der Waals surface area (Å²) in [6, 6.07) is 5.55. The van der Waals surface area contributed by atoms with Crippen molar-refractivity contribution in [3.8, 4) is 11.4 Å². The number of halogens is 1. The quantitative estimate of drug-likeness (QED) is 0.777. The molecule has 2 aromatic rings. The summed E-state index contributed by atoms with van der Waals surface area (Å²) in [5.74, 6) is -0.285. The number of hydrogen-bond acceptors (Lipinski definition) is 2. The van der Waals surface area contributed by atoms with Crippen LogP contribution in [-0.4, -0.2) is 14.8 Å². The van der Waals surface area contributed by atoms with Crippen LogP contribution >= 0.6 is 0 Å². The number of aryl methyl sites for hydroxylation is 1. The molecule has 16 heavy (non-hydrogen) atoms. The lowest BCUT2D eigenvalue weighted by Crippen LogP contribution is -2.05. The van der Waals surface area contributed by atoms with Crippen LogP contribution in [0.5, 0.6) is 0 Å². The maximum Gasteiger partial charge on any atom is 0.173 e. The van der Waals surface area contributed by atoms with Crippen molar-refractivity contribution < 1.29 is 4.39 Å². The van der Waals surface area contributed by atoms with Gasteiger partial charge < -0.3 is 0 Å². The van der Waals surface area contributed by atoms with Crippen LogP contribution in [0, 0.1) is 12.7 Å². The molecule has 0 unspecified atom stereocenters. The highest BCUT2D eigenvalue weighted by Gasteiger charge is 2.19. The van der Waals surface area contributed by atoms with Crippen LogP contribution in [-0.2, 0) is 0 Å². The summed E-state index contributed by atoms with van der Waals surface area (Å²) in [5.41, 5.74) is 1.50. The van der Waals surface area contributed by atoms with E-state index in [1.807, 2.05) is 26.0 Å². The summed E-state index contributed by atoms with van der Waals surface area (Å²) in [6.45, 7) is 5.61. The Balaban J connectivity index is 2.64. The topological polar surface area (TPSA) is 30.7 Å². The van der Waals surface area contributed by atoms with E-state index < -0.39 is 0 Å². The van der Waals surface area contributed by atoms with Gasteiger partial charge in [-0.25, -0.2) is 4.39 Å². The van der Waals surface area contributed by atoms with Crippen molar-refractivity contribution >= 4 is 0 Å². The van der Waals surface area contributed by atoms with Crippen LogP contribution in [0.25, 0.3) is 11.4 Å². The molecule has 0 aliphatic heterocycles. The number of aromatic nitrogens is 3. The average Bonchev–Trinajstić information content (AvgIpc) is 2.57. The molecule has 0 N–H and O–H groups in total. The van der Waals surface area contributed by atoms with Gasteiger partial charge in [0, 0.05) is 12.2 Å². The predicted molar refractivity (Wildman–Crippen MR) is 60.5 cm³/mol. The summed E-state index contributed by atoms with van der Waals surface area (Å²) in [5, 5.41) is 4.19. The molecule has 0 saturated carbocycles. The molecule has 0 aromatic carbocycles. The van der Waals surface area contributed by atoms with Crippen LogP contribution < -0.4 is 0 Å². The lowest BCUT2D eigenvalue weighted by atomic mass is 10.2. The van der Waals surface area contributed by atoms with E-state index in [1.54, 1.807) is 23.9 Å². The zero-order chi connectivity index (χ0) is 11.7. The van der Waals surface area contributed by atoms with Crippen molar-refractivity contribution in [2.75, 3.05) is 0 Å². The van der Waals surface area contributed by atoms with Crippen LogP contribution in [0.2, 0.25) is 0 Å². The smallest absolute Gasteiger partial charge is 0.173 e. The Morgan fingerprint density at radius 1 is 1.31 bits per heavy atom. The summed E-state index contributed by atoms with van der Waals surface area (Å²) in [4.78, 5) is 4.17. The first kappa shape index (κ1) is 10.8. The van der Waals surface area contributed by atoms with Crippen LogP contribution in [0.1, 0.15) is 25.6 Å². The Morgan fingerprint density at radius 2 is 2.06 bits per heavy atom. The molecule has 2 heterocycles. The predicted octanol–water partition coefficient (Wildman–Crippen LogP) is 2.97. The highest BCUT2D eigenvalue weighted by atomic mass is 19.1. The highest BCUT2D eigenvalue weighted by Crippen LogP contribution is 2.25. The number of rotatable bonds is 2. The summed E-state index contributed by atoms with van der Waals surface area (Å²) < 4.78 is 15.6. The van der Waals surface area contributed by atoms with E-state index in [1.165, 1.54) is 0 Å². The average molecular weight is 219 g/mol. The molecular weight excluding hydrogens is 205 g/mol. The van der Waals surface area contributed by atoms with E-state index in [9.17, 15) is 4.39 Å². The van der Waals surface area contributed by atoms with Crippen molar-refractivity contribution in [3.63, 3.8) is 0 Å². The fourth-order valence-electron chi connectivity index (χ4n) is 1.63. The third-order valence-electron chi connectivity index (χ3n) is 2.41. The largest absolute Gasteiger partial charge is 0.257 e. The molecule has 0 fully saturated rings. The lowest BCUT2D eigenvalue weighted by Gasteiger charge is -2.09. The summed E-state index contributed by atoms with van der Waals surface area (Å²) >= 11 is 0. The minimum absolute atomic E-state index is 0.111. The van der Waals surface area contributed by atoms with E-state index in [2.05, 4.69) is 10.1 Å². The third kappa shape index (κ3) is 1.71. The van der Waals surface area contributed by atoms with E-state index in [0.29, 0.717) is 17.1 Å². The standard InChI is InChI=1S/C12H14FN3/c1-8(2)16-12(11(13)9(3)15-16)10-6-4-5-7-14-10/h4-8H,1-3H3. The minimum Gasteiger partial charge on any atom is -0.257 e. The maximum atomic E-state index is 13.9. The molecule has 0 atom stereocenters. The SMILES string of the molecule is Cc1nn(C(C)C)c(-c2ccccn2)c1F. The van der Waals surface area contributed by atoms with Gasteiger partial charge in [0.05, 0.1) is 11.4 Å². The molecule has 2 rings (SSSR count). The van der Waals surface area contributed by atoms with Crippen LogP contribution in [0.4, 0.5) is 4.39 Å². The Bertz CT molecular complexity index is 488. The first-order chi connectivity index (χ1) is 7.61. The molecule has 0 spiro atoms. The molecule has 0 aliphatic rings. The lowest BCUT2D eigenvalue weighted by molar-refractivity contribution is 0.531. The van der Waals surface area contributed by atoms with Crippen molar-refractivity contribution in [1.29, 1.82) is 0 Å². The van der Waals surface area contributed by atoms with Crippen molar-refractivity contribution in [1.82, 2.24) is 14.8 Å². The Hall–Kier alpha value is -1.71. The zero-order valence-electron chi connectivity index (χ0n) is 9.61. The Kier molecular flexibility index (Phi) is 2.73. The van der Waals surface area contributed by atoms with Gasteiger partial charge >= 0.3 is 0 Å². The second-order valence-corrected chi connectivity index (χ2v) is 4.00. The first-order valence-corrected chi connectivity index (χ1v) is 5.27. The van der Waals surface area contributed by atoms with Gasteiger partial charge in [-0.1, -0.05) is 6.07 Å². The van der Waals surface area contributed by atoms with Gasteiger partial charge in [-0.15, -0.1) is 0 Å². The van der Waals surface area contributed by atoms with Crippen molar-refractivity contribution in [3.05, 3.63) is 35.9 Å². The molecule has 0 amide bonds. The van der Waals surface area contributed by atoms with E-state index in [0.717, 1.165) is 0 Å². The van der Waals surface area contributed by atoms with E-state index in [4.69, 9.17) is 0 Å². The van der Waals surface area contributed by atoms with Gasteiger partial charge in [-0.2, -0.15) is 5.10 Å². The summed E-state index contributed by atoms with van der Waals surface area (Å²) in [6.07, 6.45) is 1.65. The fourth-order valence-corrected chi connectivity index (χ4v) is 1.63. The molecule has 0 aliphatic carbocycles. The molecular formula is C12H14FN3. The maximum absolute atomic E-state index is 13.9. The Morgan fingerprint density at radius 3 is 2.62 bits per heavy atom. The molecule has 0 bridgehead atoms. The molecule has 3 nitrogen and oxygen atoms in total. The summed E-state index contributed by atoms with van der Waals surface area (Å²) in [7, 11) is 0. The number of hydrogen-bond donors (Lipinski definition) is 0. The van der Waals surface area contributed by atoms with Gasteiger partial charge in [0.25, 0.3) is 0 Å². The van der Waals surface area contributed by atoms with Gasteiger partial charge in [0.2, 0.25) is 0 Å². The molecule has 84 valence electrons. The second kappa shape index (κ2) is 4.04. The molecule has 2 aromatic heterocycles. The molecule has 4 heteroatoms. The van der Waals surface area contributed by atoms with Crippen molar-refractivity contribution in [2.45, 2.75) is 26.8 Å². The second-order valence-electron chi connectivity index (χ2n) is 4.00. The van der Waals surface area contributed by atoms with Gasteiger partial charge in [0.1, 0.15) is 5.69 Å². The fraction of sp³-hybridized carbons (Fsp3) is 0.333. The van der Waals surface area contributed by atoms with E-state index in [-0.39, 0.29) is 11.9 Å². The van der Waals surface area contributed by atoms with E-state index >= 15 is 0 Å². The monoisotopic (exact) mass is 219 g/mol. The van der Waals surface area contributed by atoms with Gasteiger partial charge in [-0.3, -0.25) is 9.67 Å². The Labute approximate surface area is 93.9 Å². The highest BCUT2D eigenvalue weighted by molar-refractivity contribution is 5.56. The zero-order valence-corrected chi connectivity index (χ0v) is 9.61. The first-order valence-electron chi connectivity index (χ1n) is 5.27. The normalized spacial score (nSPS) is 11.1. The van der Waals surface area contributed by atoms with Crippen LogP contribution in [0.15, 0.2) is 24.4 Å². The molecule has 0 saturated heterocycles. The third-order valence-corrected chi connectivity index (χ3v) is 2.41. The van der Waals surface area contributed by atoms with Crippen molar-refractivity contribution in [2.24, 2.45) is 0 Å². The molecule has 0 radical (unpaired) electrons. The van der Waals surface area contributed by atoms with Crippen LogP contribution in [0.3, 0.4) is 0 Å². The van der Waals surface area contributed by atoms with Gasteiger partial charge in [-0.05, 0) is 32.9 Å². The number of nitrogens with zero attached hydrogens (tertiary/aromatic N) is 3. The van der Waals surface area contributed by atoms with Gasteiger partial charge in [0.15, 0.2) is 5.82 Å². The number of pyridine rings is 1.